The molecule has 2 aliphatic carbocycles. The van der Waals surface area contributed by atoms with Crippen LogP contribution in [0.2, 0.25) is 0 Å². The number of para-hydroxylation sites is 1. The first-order valence-electron chi connectivity index (χ1n) is 21.2. The van der Waals surface area contributed by atoms with E-state index in [1.54, 1.807) is 0 Å². The first-order valence-corrected chi connectivity index (χ1v) is 21.2. The standard InChI is InChI=1S/C58H39NO2/c1-57(2)44-24-12-10-22-41(44)53-46(57)34-33-43-55-49(27-16-30-52(55)61-56(43)53)59(48-26-15-29-51-54(48)42-23-11-14-28-50(42)60-51)38-31-32-40-39-21-9-13-25-45(39)58(47(40)35-38,36-17-5-3-6-18-36)37-19-7-4-8-20-37/h3-35H,1-2H3. The van der Waals surface area contributed by atoms with E-state index in [1.165, 1.54) is 55.6 Å². The summed E-state index contributed by atoms with van der Waals surface area (Å²) in [5.41, 5.74) is 18.5. The molecular weight excluding hydrogens is 743 g/mol. The van der Waals surface area contributed by atoms with Gasteiger partial charge in [-0.15, -0.1) is 0 Å². The van der Waals surface area contributed by atoms with Crippen molar-refractivity contribution in [3.8, 4) is 22.3 Å². The van der Waals surface area contributed by atoms with Gasteiger partial charge in [0.1, 0.15) is 22.3 Å². The second kappa shape index (κ2) is 12.5. The summed E-state index contributed by atoms with van der Waals surface area (Å²) in [6.45, 7) is 4.65. The zero-order valence-electron chi connectivity index (χ0n) is 33.8. The molecule has 0 fully saturated rings. The van der Waals surface area contributed by atoms with E-state index in [1.807, 2.05) is 6.07 Å². The molecule has 0 unspecified atom stereocenters. The van der Waals surface area contributed by atoms with Gasteiger partial charge in [0.25, 0.3) is 0 Å². The summed E-state index contributed by atoms with van der Waals surface area (Å²) < 4.78 is 13.7. The van der Waals surface area contributed by atoms with Crippen molar-refractivity contribution in [3.05, 3.63) is 234 Å². The number of hydrogen-bond acceptors (Lipinski definition) is 3. The van der Waals surface area contributed by atoms with E-state index >= 15 is 0 Å². The molecule has 0 saturated heterocycles. The van der Waals surface area contributed by atoms with Gasteiger partial charge < -0.3 is 13.7 Å². The van der Waals surface area contributed by atoms with E-state index in [0.29, 0.717) is 0 Å². The van der Waals surface area contributed by atoms with Crippen molar-refractivity contribution >= 4 is 60.9 Å². The molecule has 288 valence electrons. The first kappa shape index (κ1) is 34.3. The molecule has 2 aromatic heterocycles. The number of furan rings is 2. The van der Waals surface area contributed by atoms with Crippen LogP contribution in [-0.2, 0) is 10.8 Å². The quantitative estimate of drug-likeness (QED) is 0.174. The molecule has 13 rings (SSSR count). The van der Waals surface area contributed by atoms with Gasteiger partial charge in [0.15, 0.2) is 0 Å². The number of fused-ring (bicyclic) bond motifs is 13. The second-order valence-electron chi connectivity index (χ2n) is 17.1. The lowest BCUT2D eigenvalue weighted by molar-refractivity contribution is 0.653. The third-order valence-electron chi connectivity index (χ3n) is 13.7. The Bertz CT molecular complexity index is 3530. The largest absolute Gasteiger partial charge is 0.456 e. The van der Waals surface area contributed by atoms with Crippen molar-refractivity contribution < 1.29 is 8.83 Å². The third kappa shape index (κ3) is 4.53. The minimum atomic E-state index is -0.556. The molecule has 0 radical (unpaired) electrons. The molecule has 0 saturated carbocycles. The summed E-state index contributed by atoms with van der Waals surface area (Å²) in [5, 5.41) is 4.33. The van der Waals surface area contributed by atoms with E-state index < -0.39 is 5.41 Å². The molecule has 11 aromatic rings. The van der Waals surface area contributed by atoms with Crippen LogP contribution in [0.15, 0.2) is 209 Å². The summed E-state index contributed by atoms with van der Waals surface area (Å²) >= 11 is 0. The molecule has 0 spiro atoms. The minimum Gasteiger partial charge on any atom is -0.456 e. The summed E-state index contributed by atoms with van der Waals surface area (Å²) in [4.78, 5) is 2.46. The highest BCUT2D eigenvalue weighted by atomic mass is 16.3. The van der Waals surface area contributed by atoms with Gasteiger partial charge >= 0.3 is 0 Å². The van der Waals surface area contributed by atoms with E-state index in [2.05, 4.69) is 213 Å². The van der Waals surface area contributed by atoms with E-state index in [-0.39, 0.29) is 5.41 Å². The van der Waals surface area contributed by atoms with Crippen LogP contribution in [0.25, 0.3) is 66.1 Å². The fraction of sp³-hybridized carbons (Fsp3) is 0.0690. The van der Waals surface area contributed by atoms with Crippen molar-refractivity contribution in [3.63, 3.8) is 0 Å². The number of nitrogens with zero attached hydrogens (tertiary/aromatic N) is 1. The first-order chi connectivity index (χ1) is 30.0. The summed E-state index contributed by atoms with van der Waals surface area (Å²) in [6, 6.07) is 72.9. The van der Waals surface area contributed by atoms with Crippen LogP contribution in [0.4, 0.5) is 17.1 Å². The lowest BCUT2D eigenvalue weighted by Gasteiger charge is -2.35. The fourth-order valence-corrected chi connectivity index (χ4v) is 11.2. The van der Waals surface area contributed by atoms with Crippen LogP contribution in [-0.4, -0.2) is 0 Å². The SMILES string of the molecule is CC1(C)c2ccccc2-c2c1ccc1c2oc2cccc(N(c3ccc4c(c3)C(c3ccccc3)(c3ccccc3)c3ccccc3-4)c3cccc4oc5ccccc5c34)c21. The number of hydrogen-bond donors (Lipinski definition) is 0. The Morgan fingerprint density at radius 3 is 1.70 bits per heavy atom. The zero-order valence-corrected chi connectivity index (χ0v) is 33.8. The van der Waals surface area contributed by atoms with Gasteiger partial charge in [-0.3, -0.25) is 0 Å². The number of benzene rings is 9. The Kier molecular flexibility index (Phi) is 6.99. The van der Waals surface area contributed by atoms with Crippen LogP contribution in [0.1, 0.15) is 47.2 Å². The molecular formula is C58H39NO2. The minimum absolute atomic E-state index is 0.141. The van der Waals surface area contributed by atoms with Crippen molar-refractivity contribution in [2.45, 2.75) is 24.7 Å². The van der Waals surface area contributed by atoms with Gasteiger partial charge in [-0.2, -0.15) is 0 Å². The maximum atomic E-state index is 7.07. The van der Waals surface area contributed by atoms with Gasteiger partial charge in [0.05, 0.1) is 27.6 Å². The zero-order chi connectivity index (χ0) is 40.5. The molecule has 0 amide bonds. The average molecular weight is 782 g/mol. The van der Waals surface area contributed by atoms with Crippen molar-refractivity contribution in [1.82, 2.24) is 0 Å². The maximum Gasteiger partial charge on any atom is 0.143 e. The fourth-order valence-electron chi connectivity index (χ4n) is 11.2. The van der Waals surface area contributed by atoms with Crippen molar-refractivity contribution in [2.24, 2.45) is 0 Å². The highest BCUT2D eigenvalue weighted by Crippen LogP contribution is 2.59. The van der Waals surface area contributed by atoms with Crippen molar-refractivity contribution in [1.29, 1.82) is 0 Å². The Labute approximate surface area is 353 Å². The van der Waals surface area contributed by atoms with Crippen LogP contribution >= 0.6 is 0 Å². The molecule has 0 bridgehead atoms. The number of rotatable bonds is 5. The Balaban J connectivity index is 1.14. The Morgan fingerprint density at radius 2 is 0.967 bits per heavy atom. The van der Waals surface area contributed by atoms with Crippen LogP contribution < -0.4 is 4.90 Å². The van der Waals surface area contributed by atoms with E-state index in [0.717, 1.165) is 60.9 Å². The monoisotopic (exact) mass is 781 g/mol. The van der Waals surface area contributed by atoms with E-state index in [9.17, 15) is 0 Å². The molecule has 3 nitrogen and oxygen atoms in total. The van der Waals surface area contributed by atoms with Gasteiger partial charge in [-0.25, -0.2) is 0 Å². The predicted octanol–water partition coefficient (Wildman–Crippen LogP) is 15.6. The molecule has 0 N–H and O–H groups in total. The summed E-state index contributed by atoms with van der Waals surface area (Å²) in [7, 11) is 0. The Hall–Kier alpha value is -7.62. The number of anilines is 3. The highest BCUT2D eigenvalue weighted by Gasteiger charge is 2.46. The molecule has 9 aromatic carbocycles. The lowest BCUT2D eigenvalue weighted by atomic mass is 9.67. The summed E-state index contributed by atoms with van der Waals surface area (Å²) in [5.74, 6) is 0. The van der Waals surface area contributed by atoms with Crippen LogP contribution in [0.5, 0.6) is 0 Å². The average Bonchev–Trinajstić information content (AvgIpc) is 4.03. The topological polar surface area (TPSA) is 29.5 Å². The summed E-state index contributed by atoms with van der Waals surface area (Å²) in [6.07, 6.45) is 0. The normalized spacial score (nSPS) is 14.3. The van der Waals surface area contributed by atoms with Gasteiger partial charge in [0.2, 0.25) is 0 Å². The predicted molar refractivity (Wildman–Crippen MR) is 251 cm³/mol. The van der Waals surface area contributed by atoms with Crippen molar-refractivity contribution in [2.75, 3.05) is 4.90 Å². The molecule has 2 aliphatic rings. The lowest BCUT2D eigenvalue weighted by Crippen LogP contribution is -2.28. The maximum absolute atomic E-state index is 7.07. The highest BCUT2D eigenvalue weighted by molar-refractivity contribution is 6.20. The molecule has 0 aliphatic heterocycles. The van der Waals surface area contributed by atoms with Crippen LogP contribution in [0.3, 0.4) is 0 Å². The van der Waals surface area contributed by atoms with Crippen LogP contribution in [0, 0.1) is 0 Å². The molecule has 3 heteroatoms. The Morgan fingerprint density at radius 1 is 0.393 bits per heavy atom. The molecule has 2 heterocycles. The van der Waals surface area contributed by atoms with Gasteiger partial charge in [-0.05, 0) is 92.5 Å². The molecule has 0 atom stereocenters. The smallest absolute Gasteiger partial charge is 0.143 e. The third-order valence-corrected chi connectivity index (χ3v) is 13.7. The molecule has 61 heavy (non-hydrogen) atoms. The van der Waals surface area contributed by atoms with E-state index in [4.69, 9.17) is 8.83 Å². The second-order valence-corrected chi connectivity index (χ2v) is 17.1. The van der Waals surface area contributed by atoms with Gasteiger partial charge in [0, 0.05) is 27.4 Å². The van der Waals surface area contributed by atoms with Gasteiger partial charge in [-0.1, -0.05) is 172 Å².